The number of fused-ring (bicyclic) bond motifs is 1. The second-order valence-corrected chi connectivity index (χ2v) is 3.72. The van der Waals surface area contributed by atoms with Crippen LogP contribution in [-0.4, -0.2) is 25.7 Å². The summed E-state index contributed by atoms with van der Waals surface area (Å²) in [5, 5.41) is 0. The van der Waals surface area contributed by atoms with Crippen LogP contribution in [0, 0.1) is 0 Å². The highest BCUT2D eigenvalue weighted by molar-refractivity contribution is 5.95. The molecule has 78 valence electrons. The minimum absolute atomic E-state index is 0.125. The standard InChI is InChI=1S/C12H14N2O/c1-9(15)10-3-4-12-11(7-10)5-6-14(12)8-13-2/h3-4,7-8H,5-6H2,1-2H3. The van der Waals surface area contributed by atoms with Crippen LogP contribution in [0.5, 0.6) is 0 Å². The minimum atomic E-state index is 0.125. The quantitative estimate of drug-likeness (QED) is 0.417. The smallest absolute Gasteiger partial charge is 0.159 e. The van der Waals surface area contributed by atoms with Crippen LogP contribution in [0.2, 0.25) is 0 Å². The lowest BCUT2D eigenvalue weighted by Gasteiger charge is -2.12. The molecule has 0 saturated carbocycles. The number of carbonyl (C=O) groups excluding carboxylic acids is 1. The first kappa shape index (κ1) is 9.90. The van der Waals surface area contributed by atoms with Crippen molar-refractivity contribution < 1.29 is 4.79 Å². The Morgan fingerprint density at radius 3 is 3.00 bits per heavy atom. The molecule has 1 aromatic rings. The number of carbonyl (C=O) groups is 1. The molecule has 0 fully saturated rings. The average molecular weight is 202 g/mol. The van der Waals surface area contributed by atoms with E-state index in [0.29, 0.717) is 0 Å². The van der Waals surface area contributed by atoms with Gasteiger partial charge in [-0.05, 0) is 37.1 Å². The number of benzene rings is 1. The Bertz CT molecular complexity index is 424. The van der Waals surface area contributed by atoms with Gasteiger partial charge in [-0.25, -0.2) is 0 Å². The highest BCUT2D eigenvalue weighted by Gasteiger charge is 2.18. The van der Waals surface area contributed by atoms with Crippen LogP contribution in [0.4, 0.5) is 5.69 Å². The summed E-state index contributed by atoms with van der Waals surface area (Å²) in [7, 11) is 1.77. The van der Waals surface area contributed by atoms with Gasteiger partial charge in [0, 0.05) is 24.8 Å². The first-order valence-corrected chi connectivity index (χ1v) is 5.05. The van der Waals surface area contributed by atoms with Crippen LogP contribution in [-0.2, 0) is 6.42 Å². The van der Waals surface area contributed by atoms with E-state index in [1.54, 1.807) is 14.0 Å². The van der Waals surface area contributed by atoms with E-state index in [-0.39, 0.29) is 5.78 Å². The Balaban J connectivity index is 2.37. The van der Waals surface area contributed by atoms with E-state index in [9.17, 15) is 4.79 Å². The summed E-state index contributed by atoms with van der Waals surface area (Å²) in [6.07, 6.45) is 2.82. The van der Waals surface area contributed by atoms with Crippen molar-refractivity contribution in [3.8, 4) is 0 Å². The van der Waals surface area contributed by atoms with Gasteiger partial charge in [-0.1, -0.05) is 0 Å². The number of nitrogens with zero attached hydrogens (tertiary/aromatic N) is 2. The van der Waals surface area contributed by atoms with Gasteiger partial charge in [0.1, 0.15) is 0 Å². The molecule has 0 amide bonds. The van der Waals surface area contributed by atoms with Crippen LogP contribution >= 0.6 is 0 Å². The van der Waals surface area contributed by atoms with Crippen molar-refractivity contribution in [2.45, 2.75) is 13.3 Å². The molecular formula is C12H14N2O. The molecule has 0 aliphatic carbocycles. The lowest BCUT2D eigenvalue weighted by molar-refractivity contribution is 0.101. The normalized spacial score (nSPS) is 14.7. The average Bonchev–Trinajstić information content (AvgIpc) is 2.61. The molecule has 0 unspecified atom stereocenters. The maximum Gasteiger partial charge on any atom is 0.159 e. The van der Waals surface area contributed by atoms with Crippen LogP contribution < -0.4 is 4.90 Å². The van der Waals surface area contributed by atoms with Gasteiger partial charge in [0.05, 0.1) is 6.34 Å². The second kappa shape index (κ2) is 3.85. The molecule has 0 aromatic heterocycles. The maximum atomic E-state index is 11.2. The summed E-state index contributed by atoms with van der Waals surface area (Å²) in [4.78, 5) is 17.3. The summed E-state index contributed by atoms with van der Waals surface area (Å²) in [5.74, 6) is 0.125. The largest absolute Gasteiger partial charge is 0.332 e. The molecule has 0 radical (unpaired) electrons. The molecule has 0 atom stereocenters. The van der Waals surface area contributed by atoms with Crippen molar-refractivity contribution in [3.63, 3.8) is 0 Å². The molecule has 1 aliphatic rings. The Hall–Kier alpha value is -1.64. The summed E-state index contributed by atoms with van der Waals surface area (Å²) in [6, 6.07) is 5.87. The molecular weight excluding hydrogens is 188 g/mol. The highest BCUT2D eigenvalue weighted by atomic mass is 16.1. The van der Waals surface area contributed by atoms with E-state index in [1.165, 1.54) is 11.3 Å². The van der Waals surface area contributed by atoms with Crippen LogP contribution in [0.1, 0.15) is 22.8 Å². The van der Waals surface area contributed by atoms with Gasteiger partial charge in [-0.15, -0.1) is 0 Å². The van der Waals surface area contributed by atoms with E-state index in [1.807, 2.05) is 24.5 Å². The van der Waals surface area contributed by atoms with Gasteiger partial charge in [-0.3, -0.25) is 9.79 Å². The fourth-order valence-electron chi connectivity index (χ4n) is 1.91. The molecule has 0 bridgehead atoms. The molecule has 0 spiro atoms. The zero-order chi connectivity index (χ0) is 10.8. The Morgan fingerprint density at radius 2 is 2.33 bits per heavy atom. The minimum Gasteiger partial charge on any atom is -0.332 e. The van der Waals surface area contributed by atoms with Crippen molar-refractivity contribution in [1.29, 1.82) is 0 Å². The number of anilines is 1. The van der Waals surface area contributed by atoms with Gasteiger partial charge in [-0.2, -0.15) is 0 Å². The number of ketones is 1. The molecule has 15 heavy (non-hydrogen) atoms. The van der Waals surface area contributed by atoms with Gasteiger partial charge >= 0.3 is 0 Å². The van der Waals surface area contributed by atoms with Crippen molar-refractivity contribution in [3.05, 3.63) is 29.3 Å². The van der Waals surface area contributed by atoms with Crippen molar-refractivity contribution in [1.82, 2.24) is 0 Å². The lowest BCUT2D eigenvalue weighted by atomic mass is 10.1. The first-order chi connectivity index (χ1) is 7.22. The van der Waals surface area contributed by atoms with E-state index in [2.05, 4.69) is 9.89 Å². The zero-order valence-electron chi connectivity index (χ0n) is 9.03. The lowest BCUT2D eigenvalue weighted by Crippen LogP contribution is -2.17. The van der Waals surface area contributed by atoms with E-state index >= 15 is 0 Å². The SMILES string of the molecule is CN=CN1CCc2cc(C(C)=O)ccc21. The third-order valence-electron chi connectivity index (χ3n) is 2.67. The third-order valence-corrected chi connectivity index (χ3v) is 2.67. The zero-order valence-corrected chi connectivity index (χ0v) is 9.03. The second-order valence-electron chi connectivity index (χ2n) is 3.72. The van der Waals surface area contributed by atoms with Crippen molar-refractivity contribution in [2.24, 2.45) is 4.99 Å². The summed E-state index contributed by atoms with van der Waals surface area (Å²) in [5.41, 5.74) is 3.21. The maximum absolute atomic E-state index is 11.2. The Kier molecular flexibility index (Phi) is 2.54. The Labute approximate surface area is 89.4 Å². The highest BCUT2D eigenvalue weighted by Crippen LogP contribution is 2.27. The predicted octanol–water partition coefficient (Wildman–Crippen LogP) is 1.91. The summed E-state index contributed by atoms with van der Waals surface area (Å²) in [6.45, 7) is 2.55. The van der Waals surface area contributed by atoms with E-state index in [0.717, 1.165) is 18.5 Å². The van der Waals surface area contributed by atoms with Crippen molar-refractivity contribution in [2.75, 3.05) is 18.5 Å². The number of aliphatic imine (C=N–C) groups is 1. The molecule has 1 heterocycles. The van der Waals surface area contributed by atoms with Crippen LogP contribution in [0.15, 0.2) is 23.2 Å². The third kappa shape index (κ3) is 1.77. The number of Topliss-reactive ketones (excluding diaryl/α,β-unsaturated/α-hetero) is 1. The summed E-state index contributed by atoms with van der Waals surface area (Å²) < 4.78 is 0. The molecule has 2 rings (SSSR count). The van der Waals surface area contributed by atoms with Crippen LogP contribution in [0.25, 0.3) is 0 Å². The molecule has 1 aliphatic heterocycles. The fraction of sp³-hybridized carbons (Fsp3) is 0.333. The van der Waals surface area contributed by atoms with Gasteiger partial charge in [0.15, 0.2) is 5.78 Å². The number of rotatable bonds is 2. The number of hydrogen-bond acceptors (Lipinski definition) is 2. The molecule has 0 saturated heterocycles. The first-order valence-electron chi connectivity index (χ1n) is 5.05. The number of hydrogen-bond donors (Lipinski definition) is 0. The van der Waals surface area contributed by atoms with E-state index in [4.69, 9.17) is 0 Å². The monoisotopic (exact) mass is 202 g/mol. The van der Waals surface area contributed by atoms with Gasteiger partial charge in [0.2, 0.25) is 0 Å². The molecule has 3 nitrogen and oxygen atoms in total. The fourth-order valence-corrected chi connectivity index (χ4v) is 1.91. The van der Waals surface area contributed by atoms with Gasteiger partial charge in [0.25, 0.3) is 0 Å². The molecule has 1 aromatic carbocycles. The summed E-state index contributed by atoms with van der Waals surface area (Å²) >= 11 is 0. The molecule has 3 heteroatoms. The van der Waals surface area contributed by atoms with Crippen LogP contribution in [0.3, 0.4) is 0 Å². The predicted molar refractivity (Wildman–Crippen MR) is 61.9 cm³/mol. The van der Waals surface area contributed by atoms with E-state index < -0.39 is 0 Å². The molecule has 0 N–H and O–H groups in total. The Morgan fingerprint density at radius 1 is 1.53 bits per heavy atom. The van der Waals surface area contributed by atoms with Gasteiger partial charge < -0.3 is 4.90 Å². The van der Waals surface area contributed by atoms with Crippen molar-refractivity contribution >= 4 is 17.8 Å². The topological polar surface area (TPSA) is 32.7 Å².